The van der Waals surface area contributed by atoms with Gasteiger partial charge in [0.05, 0.1) is 9.31 Å². The zero-order valence-electron chi connectivity index (χ0n) is 15.1. The summed E-state index contributed by atoms with van der Waals surface area (Å²) in [5, 5.41) is 0. The monoisotopic (exact) mass is 516 g/mol. The summed E-state index contributed by atoms with van der Waals surface area (Å²) in [6, 6.07) is 7.72. The van der Waals surface area contributed by atoms with Crippen LogP contribution in [0.2, 0.25) is 0 Å². The van der Waals surface area contributed by atoms with Crippen LogP contribution in [0.3, 0.4) is 0 Å². The lowest BCUT2D eigenvalue weighted by atomic mass is 10.0. The van der Waals surface area contributed by atoms with E-state index in [-0.39, 0.29) is 40.5 Å². The van der Waals surface area contributed by atoms with Crippen molar-refractivity contribution in [3.05, 3.63) is 68.9 Å². The molecule has 0 saturated heterocycles. The van der Waals surface area contributed by atoms with Crippen LogP contribution in [0.4, 0.5) is 13.2 Å². The summed E-state index contributed by atoms with van der Waals surface area (Å²) in [6.07, 6.45) is 1.90. The number of benzene rings is 2. The van der Waals surface area contributed by atoms with Gasteiger partial charge in [-0.25, -0.2) is 13.2 Å². The quantitative estimate of drug-likeness (QED) is 0.411. The van der Waals surface area contributed by atoms with Gasteiger partial charge in [-0.05, 0) is 60.9 Å². The zero-order chi connectivity index (χ0) is 20.6. The SMILES string of the molecule is CC1(C)C(C=C(Br)Br)C1C(=O)OCc1cccc(-c2ccc(F)c(F)c2)c1F. The molecule has 0 amide bonds. The van der Waals surface area contributed by atoms with Crippen LogP contribution >= 0.6 is 31.9 Å². The predicted octanol–water partition coefficient (Wildman–Crippen LogP) is 6.72. The Kier molecular flexibility index (Phi) is 6.05. The van der Waals surface area contributed by atoms with Gasteiger partial charge >= 0.3 is 5.97 Å². The number of hydrogen-bond acceptors (Lipinski definition) is 2. The molecule has 0 N–H and O–H groups in total. The number of carbonyl (C=O) groups is 1. The lowest BCUT2D eigenvalue weighted by molar-refractivity contribution is -0.147. The lowest BCUT2D eigenvalue weighted by Crippen LogP contribution is -2.11. The second kappa shape index (κ2) is 8.03. The Bertz CT molecular complexity index is 953. The van der Waals surface area contributed by atoms with Gasteiger partial charge in [-0.15, -0.1) is 0 Å². The Morgan fingerprint density at radius 2 is 1.86 bits per heavy atom. The van der Waals surface area contributed by atoms with Crippen LogP contribution in [0.5, 0.6) is 0 Å². The summed E-state index contributed by atoms with van der Waals surface area (Å²) in [7, 11) is 0. The molecule has 2 atom stereocenters. The van der Waals surface area contributed by atoms with Gasteiger partial charge in [0.15, 0.2) is 11.6 Å². The molecule has 2 nitrogen and oxygen atoms in total. The van der Waals surface area contributed by atoms with Gasteiger partial charge in [-0.2, -0.15) is 0 Å². The van der Waals surface area contributed by atoms with Crippen molar-refractivity contribution in [1.82, 2.24) is 0 Å². The van der Waals surface area contributed by atoms with Crippen molar-refractivity contribution < 1.29 is 22.7 Å². The Hall–Kier alpha value is -1.60. The van der Waals surface area contributed by atoms with Crippen molar-refractivity contribution >= 4 is 37.8 Å². The summed E-state index contributed by atoms with van der Waals surface area (Å²) < 4.78 is 47.5. The zero-order valence-corrected chi connectivity index (χ0v) is 18.3. The molecule has 2 aromatic carbocycles. The minimum atomic E-state index is -1.05. The summed E-state index contributed by atoms with van der Waals surface area (Å²) in [4.78, 5) is 12.4. The first kappa shape index (κ1) is 21.1. The van der Waals surface area contributed by atoms with Crippen molar-refractivity contribution in [3.63, 3.8) is 0 Å². The van der Waals surface area contributed by atoms with Gasteiger partial charge in [-0.1, -0.05) is 44.2 Å². The molecule has 1 aliphatic carbocycles. The van der Waals surface area contributed by atoms with E-state index in [2.05, 4.69) is 31.9 Å². The highest BCUT2D eigenvalue weighted by atomic mass is 79.9. The number of rotatable bonds is 5. The van der Waals surface area contributed by atoms with Crippen molar-refractivity contribution in [1.29, 1.82) is 0 Å². The summed E-state index contributed by atoms with van der Waals surface area (Å²) in [6.45, 7) is 3.70. The van der Waals surface area contributed by atoms with E-state index < -0.39 is 23.4 Å². The first-order chi connectivity index (χ1) is 13.1. The third kappa shape index (κ3) is 4.20. The number of allylic oxidation sites excluding steroid dienone is 1. The van der Waals surface area contributed by atoms with Gasteiger partial charge in [0.2, 0.25) is 0 Å². The summed E-state index contributed by atoms with van der Waals surface area (Å²) in [5.74, 6) is -3.37. The highest BCUT2D eigenvalue weighted by Gasteiger charge is 2.61. The van der Waals surface area contributed by atoms with E-state index in [9.17, 15) is 18.0 Å². The fourth-order valence-corrected chi connectivity index (χ4v) is 3.96. The predicted molar refractivity (Wildman–Crippen MR) is 108 cm³/mol. The van der Waals surface area contributed by atoms with E-state index in [1.807, 2.05) is 19.9 Å². The molecule has 0 bridgehead atoms. The van der Waals surface area contributed by atoms with Crippen LogP contribution in [0, 0.1) is 34.7 Å². The van der Waals surface area contributed by atoms with Crippen LogP contribution in [0.15, 0.2) is 45.9 Å². The minimum absolute atomic E-state index is 0.0205. The fraction of sp³-hybridized carbons (Fsp3) is 0.286. The molecule has 0 aromatic heterocycles. The molecule has 0 spiro atoms. The number of halogens is 5. The molecule has 1 aliphatic rings. The third-order valence-corrected chi connectivity index (χ3v) is 5.68. The van der Waals surface area contributed by atoms with Crippen LogP contribution in [0.25, 0.3) is 11.1 Å². The Balaban J connectivity index is 1.75. The molecule has 0 heterocycles. The third-order valence-electron chi connectivity index (χ3n) is 5.15. The van der Waals surface area contributed by atoms with Crippen molar-refractivity contribution in [2.75, 3.05) is 0 Å². The van der Waals surface area contributed by atoms with Gasteiger partial charge in [0, 0.05) is 11.1 Å². The number of hydrogen-bond donors (Lipinski definition) is 0. The van der Waals surface area contributed by atoms with Crippen LogP contribution in [-0.4, -0.2) is 5.97 Å². The Morgan fingerprint density at radius 3 is 2.50 bits per heavy atom. The smallest absolute Gasteiger partial charge is 0.310 e. The Morgan fingerprint density at radius 1 is 1.14 bits per heavy atom. The first-order valence-electron chi connectivity index (χ1n) is 8.55. The van der Waals surface area contributed by atoms with E-state index in [0.717, 1.165) is 15.5 Å². The maximum atomic E-state index is 14.8. The van der Waals surface area contributed by atoms with E-state index in [1.165, 1.54) is 18.2 Å². The molecule has 28 heavy (non-hydrogen) atoms. The first-order valence-corrected chi connectivity index (χ1v) is 10.1. The molecule has 0 radical (unpaired) electrons. The maximum Gasteiger partial charge on any atom is 0.310 e. The lowest BCUT2D eigenvalue weighted by Gasteiger charge is -2.10. The fourth-order valence-electron chi connectivity index (χ4n) is 3.39. The van der Waals surface area contributed by atoms with E-state index in [4.69, 9.17) is 4.74 Å². The maximum absolute atomic E-state index is 14.8. The Labute approximate surface area is 178 Å². The molecular formula is C21H17Br2F3O2. The topological polar surface area (TPSA) is 26.3 Å². The molecule has 148 valence electrons. The average Bonchev–Trinajstić information content (AvgIpc) is 3.15. The molecule has 2 aromatic rings. The molecular weight excluding hydrogens is 501 g/mol. The highest BCUT2D eigenvalue weighted by Crippen LogP contribution is 2.60. The van der Waals surface area contributed by atoms with E-state index in [1.54, 1.807) is 6.07 Å². The van der Waals surface area contributed by atoms with E-state index >= 15 is 0 Å². The van der Waals surface area contributed by atoms with Crippen LogP contribution in [-0.2, 0) is 16.1 Å². The molecule has 1 saturated carbocycles. The standard InChI is InChI=1S/C21H17Br2F3O2/c1-21(2)14(9-17(22)23)18(21)20(27)28-10-12-4-3-5-13(19(12)26)11-6-7-15(24)16(25)8-11/h3-9,14,18H,10H2,1-2H3. The van der Waals surface area contributed by atoms with Crippen molar-refractivity contribution in [2.45, 2.75) is 20.5 Å². The van der Waals surface area contributed by atoms with Crippen molar-refractivity contribution in [3.8, 4) is 11.1 Å². The molecule has 3 rings (SSSR count). The van der Waals surface area contributed by atoms with Crippen molar-refractivity contribution in [2.24, 2.45) is 17.3 Å². The molecule has 7 heteroatoms. The van der Waals surface area contributed by atoms with Gasteiger partial charge in [-0.3, -0.25) is 4.79 Å². The summed E-state index contributed by atoms with van der Waals surface area (Å²) >= 11 is 6.59. The minimum Gasteiger partial charge on any atom is -0.460 e. The second-order valence-corrected chi connectivity index (χ2v) is 10.1. The highest BCUT2D eigenvalue weighted by molar-refractivity contribution is 9.28. The summed E-state index contributed by atoms with van der Waals surface area (Å²) in [5.41, 5.74) is 0.252. The normalized spacial score (nSPS) is 19.8. The second-order valence-electron chi connectivity index (χ2n) is 7.30. The average molecular weight is 518 g/mol. The van der Waals surface area contributed by atoms with Gasteiger partial charge < -0.3 is 4.74 Å². The molecule has 0 aliphatic heterocycles. The van der Waals surface area contributed by atoms with Gasteiger partial charge in [0.1, 0.15) is 12.4 Å². The van der Waals surface area contributed by atoms with E-state index in [0.29, 0.717) is 0 Å². The molecule has 2 unspecified atom stereocenters. The number of esters is 1. The number of ether oxygens (including phenoxy) is 1. The van der Waals surface area contributed by atoms with Crippen LogP contribution < -0.4 is 0 Å². The number of carbonyl (C=O) groups excluding carboxylic acids is 1. The van der Waals surface area contributed by atoms with Crippen LogP contribution in [0.1, 0.15) is 19.4 Å². The largest absolute Gasteiger partial charge is 0.460 e. The van der Waals surface area contributed by atoms with Gasteiger partial charge in [0.25, 0.3) is 0 Å². The molecule has 1 fully saturated rings.